The first-order chi connectivity index (χ1) is 8.85. The third-order valence-corrected chi connectivity index (χ3v) is 4.57. The molecule has 0 aromatic heterocycles. The van der Waals surface area contributed by atoms with Gasteiger partial charge in [0.15, 0.2) is 9.84 Å². The van der Waals surface area contributed by atoms with Crippen molar-refractivity contribution in [3.63, 3.8) is 0 Å². The summed E-state index contributed by atoms with van der Waals surface area (Å²) in [7, 11) is -7.35. The first-order valence-corrected chi connectivity index (χ1v) is 8.43. The van der Waals surface area contributed by atoms with Gasteiger partial charge in [-0.25, -0.2) is 8.42 Å². The minimum absolute atomic E-state index is 0.0141. The van der Waals surface area contributed by atoms with Crippen LogP contribution in [-0.4, -0.2) is 45.0 Å². The molecule has 0 amide bonds. The van der Waals surface area contributed by atoms with E-state index in [1.165, 1.54) is 12.2 Å². The Balaban J connectivity index is 3.02. The highest BCUT2D eigenvalue weighted by Gasteiger charge is 2.54. The summed E-state index contributed by atoms with van der Waals surface area (Å²) in [6.07, 6.45) is 1.49. The summed E-state index contributed by atoms with van der Waals surface area (Å²) in [5.74, 6) is -2.70. The van der Waals surface area contributed by atoms with E-state index in [4.69, 9.17) is 9.47 Å². The standard InChI is InChI=1S/C10H16FO6PS/c1-3-5-15-10(16-6-4-2)8-19(13,14)7-9(10)17-18(11)12/h3-4,9,18H,1-2,5-8H2. The molecule has 0 bridgehead atoms. The summed E-state index contributed by atoms with van der Waals surface area (Å²) in [5, 5.41) is 0. The molecule has 110 valence electrons. The number of hydrogen-bond acceptors (Lipinski definition) is 6. The van der Waals surface area contributed by atoms with Crippen molar-refractivity contribution in [3.05, 3.63) is 25.3 Å². The van der Waals surface area contributed by atoms with Gasteiger partial charge in [-0.05, 0) is 0 Å². The molecule has 2 atom stereocenters. The predicted molar refractivity (Wildman–Crippen MR) is 68.7 cm³/mol. The van der Waals surface area contributed by atoms with Crippen LogP contribution in [0.4, 0.5) is 4.20 Å². The molecule has 9 heteroatoms. The van der Waals surface area contributed by atoms with E-state index in [0.717, 1.165) is 0 Å². The molecular weight excluding hydrogens is 298 g/mol. The predicted octanol–water partition coefficient (Wildman–Crippen LogP) is 1.26. The highest BCUT2D eigenvalue weighted by atomic mass is 32.2. The molecule has 1 fully saturated rings. The molecule has 6 nitrogen and oxygen atoms in total. The van der Waals surface area contributed by atoms with Gasteiger partial charge in [-0.1, -0.05) is 12.2 Å². The normalized spacial score (nSPS) is 25.8. The lowest BCUT2D eigenvalue weighted by molar-refractivity contribution is -0.244. The number of halogens is 1. The van der Waals surface area contributed by atoms with Crippen LogP contribution in [0.1, 0.15) is 0 Å². The van der Waals surface area contributed by atoms with Crippen LogP contribution in [0.25, 0.3) is 0 Å². The maximum Gasteiger partial charge on any atom is 0.356 e. The van der Waals surface area contributed by atoms with Crippen molar-refractivity contribution in [1.82, 2.24) is 0 Å². The van der Waals surface area contributed by atoms with Crippen LogP contribution < -0.4 is 0 Å². The maximum absolute atomic E-state index is 12.6. The van der Waals surface area contributed by atoms with E-state index in [2.05, 4.69) is 17.7 Å². The molecule has 0 aromatic carbocycles. The van der Waals surface area contributed by atoms with E-state index in [9.17, 15) is 17.2 Å². The molecule has 0 aromatic rings. The van der Waals surface area contributed by atoms with Gasteiger partial charge in [0.25, 0.3) is 0 Å². The summed E-state index contributed by atoms with van der Waals surface area (Å²) in [6, 6.07) is 0. The van der Waals surface area contributed by atoms with Crippen LogP contribution in [0.3, 0.4) is 0 Å². The first kappa shape index (κ1) is 16.5. The fourth-order valence-corrected chi connectivity index (χ4v) is 4.24. The average Bonchev–Trinajstić information content (AvgIpc) is 2.55. The lowest BCUT2D eigenvalue weighted by Crippen LogP contribution is -2.47. The van der Waals surface area contributed by atoms with Crippen molar-refractivity contribution in [2.24, 2.45) is 0 Å². The van der Waals surface area contributed by atoms with Crippen LogP contribution >= 0.6 is 8.34 Å². The quantitative estimate of drug-likeness (QED) is 0.381. The van der Waals surface area contributed by atoms with Gasteiger partial charge in [0.1, 0.15) is 11.9 Å². The van der Waals surface area contributed by atoms with Crippen molar-refractivity contribution in [2.45, 2.75) is 11.9 Å². The fourth-order valence-electron chi connectivity index (χ4n) is 1.76. The number of hydrogen-bond donors (Lipinski definition) is 0. The molecule has 0 aliphatic carbocycles. The smallest absolute Gasteiger partial charge is 0.342 e. The minimum atomic E-state index is -3.81. The van der Waals surface area contributed by atoms with E-state index in [1.54, 1.807) is 0 Å². The minimum Gasteiger partial charge on any atom is -0.342 e. The third-order valence-electron chi connectivity index (χ3n) is 2.44. The molecule has 1 heterocycles. The van der Waals surface area contributed by atoms with Gasteiger partial charge < -0.3 is 9.47 Å². The molecule has 1 saturated heterocycles. The average molecular weight is 314 g/mol. The van der Waals surface area contributed by atoms with Crippen molar-refractivity contribution < 1.29 is 31.2 Å². The van der Waals surface area contributed by atoms with Crippen LogP contribution in [0.2, 0.25) is 0 Å². The Kier molecular flexibility index (Phi) is 5.88. The molecule has 1 aliphatic heterocycles. The zero-order chi connectivity index (χ0) is 14.5. The van der Waals surface area contributed by atoms with Crippen LogP contribution in [-0.2, 0) is 28.4 Å². The van der Waals surface area contributed by atoms with E-state index in [1.807, 2.05) is 0 Å². The van der Waals surface area contributed by atoms with Crippen molar-refractivity contribution in [2.75, 3.05) is 24.7 Å². The molecule has 1 aliphatic rings. The largest absolute Gasteiger partial charge is 0.356 e. The lowest BCUT2D eigenvalue weighted by atomic mass is 10.2. The molecule has 0 spiro atoms. The molecule has 19 heavy (non-hydrogen) atoms. The maximum atomic E-state index is 12.6. The SMILES string of the molecule is C=CCOC1(OCC=C)CS(=O)(=O)CC1O[PH](=O)F. The van der Waals surface area contributed by atoms with Gasteiger partial charge in [0.2, 0.25) is 5.79 Å². The van der Waals surface area contributed by atoms with Crippen LogP contribution in [0.15, 0.2) is 25.3 Å². The van der Waals surface area contributed by atoms with Gasteiger partial charge in [0.05, 0.1) is 19.0 Å². The van der Waals surface area contributed by atoms with Gasteiger partial charge in [-0.15, -0.1) is 13.2 Å². The van der Waals surface area contributed by atoms with Crippen LogP contribution in [0.5, 0.6) is 0 Å². The molecule has 0 radical (unpaired) electrons. The van der Waals surface area contributed by atoms with Crippen LogP contribution in [0, 0.1) is 0 Å². The Morgan fingerprint density at radius 1 is 1.32 bits per heavy atom. The number of rotatable bonds is 8. The van der Waals surface area contributed by atoms with E-state index in [0.29, 0.717) is 0 Å². The highest BCUT2D eigenvalue weighted by molar-refractivity contribution is 7.91. The molecular formula is C10H16FO6PS. The van der Waals surface area contributed by atoms with Gasteiger partial charge in [-0.2, -0.15) is 4.20 Å². The second-order valence-corrected chi connectivity index (χ2v) is 6.73. The Labute approximate surface area is 112 Å². The van der Waals surface area contributed by atoms with Crippen molar-refractivity contribution in [3.8, 4) is 0 Å². The van der Waals surface area contributed by atoms with Crippen molar-refractivity contribution >= 4 is 18.2 Å². The number of ether oxygens (including phenoxy) is 2. The van der Waals surface area contributed by atoms with Crippen molar-refractivity contribution in [1.29, 1.82) is 0 Å². The lowest BCUT2D eigenvalue weighted by Gasteiger charge is -2.32. The Morgan fingerprint density at radius 2 is 1.84 bits per heavy atom. The highest BCUT2D eigenvalue weighted by Crippen LogP contribution is 2.38. The summed E-state index contributed by atoms with van der Waals surface area (Å²) < 4.78 is 61.6. The Bertz CT molecular complexity index is 451. The van der Waals surface area contributed by atoms with E-state index < -0.39 is 41.6 Å². The zero-order valence-corrected chi connectivity index (χ0v) is 12.0. The number of sulfone groups is 1. The first-order valence-electron chi connectivity index (χ1n) is 5.41. The molecule has 2 unspecified atom stereocenters. The molecule has 0 N–H and O–H groups in total. The summed E-state index contributed by atoms with van der Waals surface area (Å²) >= 11 is 0. The Morgan fingerprint density at radius 3 is 2.26 bits per heavy atom. The third kappa shape index (κ3) is 4.50. The van der Waals surface area contributed by atoms with E-state index in [-0.39, 0.29) is 13.2 Å². The van der Waals surface area contributed by atoms with Gasteiger partial charge in [0, 0.05) is 0 Å². The zero-order valence-electron chi connectivity index (χ0n) is 10.2. The summed E-state index contributed by atoms with van der Waals surface area (Å²) in [5.41, 5.74) is 0. The summed E-state index contributed by atoms with van der Waals surface area (Å²) in [6.45, 7) is 6.84. The molecule has 1 rings (SSSR count). The second kappa shape index (κ2) is 6.76. The topological polar surface area (TPSA) is 78.9 Å². The Hall–Kier alpha value is -0.530. The summed E-state index contributed by atoms with van der Waals surface area (Å²) in [4.78, 5) is 0. The fraction of sp³-hybridized carbons (Fsp3) is 0.600. The van der Waals surface area contributed by atoms with Gasteiger partial charge >= 0.3 is 8.34 Å². The monoisotopic (exact) mass is 314 g/mol. The van der Waals surface area contributed by atoms with E-state index >= 15 is 0 Å². The second-order valence-electron chi connectivity index (χ2n) is 3.91. The molecule has 0 saturated carbocycles. The van der Waals surface area contributed by atoms with Gasteiger partial charge in [-0.3, -0.25) is 9.09 Å².